The Bertz CT molecular complexity index is 175. The van der Waals surface area contributed by atoms with Crippen molar-refractivity contribution in [2.45, 2.75) is 39.5 Å². The predicted octanol–water partition coefficient (Wildman–Crippen LogP) is 1.75. The SMILES string of the molecule is CC(C)CCCCNC1=NCCCN1. The summed E-state index contributed by atoms with van der Waals surface area (Å²) in [4.78, 5) is 4.36. The van der Waals surface area contributed by atoms with Gasteiger partial charge < -0.3 is 10.6 Å². The van der Waals surface area contributed by atoms with E-state index in [2.05, 4.69) is 29.5 Å². The van der Waals surface area contributed by atoms with Crippen molar-refractivity contribution in [1.29, 1.82) is 0 Å². The topological polar surface area (TPSA) is 36.4 Å². The van der Waals surface area contributed by atoms with Gasteiger partial charge in [-0.15, -0.1) is 0 Å². The fourth-order valence-corrected chi connectivity index (χ4v) is 1.54. The van der Waals surface area contributed by atoms with Crippen LogP contribution in [0.2, 0.25) is 0 Å². The molecule has 0 aliphatic carbocycles. The van der Waals surface area contributed by atoms with E-state index in [9.17, 15) is 0 Å². The normalized spacial score (nSPS) is 16.4. The summed E-state index contributed by atoms with van der Waals surface area (Å²) in [5.74, 6) is 1.83. The van der Waals surface area contributed by atoms with Crippen LogP contribution < -0.4 is 10.6 Å². The summed E-state index contributed by atoms with van der Waals surface area (Å²) in [6.45, 7) is 7.65. The number of nitrogens with one attached hydrogen (secondary N) is 2. The van der Waals surface area contributed by atoms with Gasteiger partial charge in [-0.25, -0.2) is 0 Å². The van der Waals surface area contributed by atoms with E-state index in [0.29, 0.717) is 0 Å². The first-order chi connectivity index (χ1) is 6.79. The lowest BCUT2D eigenvalue weighted by molar-refractivity contribution is 0.533. The van der Waals surface area contributed by atoms with Crippen molar-refractivity contribution >= 4 is 5.96 Å². The van der Waals surface area contributed by atoms with Crippen LogP contribution in [-0.4, -0.2) is 25.6 Å². The average Bonchev–Trinajstić information content (AvgIpc) is 2.18. The van der Waals surface area contributed by atoms with Gasteiger partial charge in [-0.1, -0.05) is 26.7 Å². The molecular weight excluding hydrogens is 174 g/mol. The molecule has 0 saturated carbocycles. The van der Waals surface area contributed by atoms with Crippen molar-refractivity contribution < 1.29 is 0 Å². The van der Waals surface area contributed by atoms with Crippen molar-refractivity contribution in [2.75, 3.05) is 19.6 Å². The zero-order chi connectivity index (χ0) is 10.2. The Labute approximate surface area is 87.4 Å². The van der Waals surface area contributed by atoms with E-state index in [4.69, 9.17) is 0 Å². The lowest BCUT2D eigenvalue weighted by Gasteiger charge is -2.15. The van der Waals surface area contributed by atoms with Crippen LogP contribution >= 0.6 is 0 Å². The highest BCUT2D eigenvalue weighted by atomic mass is 15.2. The van der Waals surface area contributed by atoms with Crippen molar-refractivity contribution in [1.82, 2.24) is 10.6 Å². The molecule has 0 atom stereocenters. The standard InChI is InChI=1S/C11H23N3/c1-10(2)6-3-4-7-12-11-13-8-5-9-14-11/h10H,3-9H2,1-2H3,(H2,12,13,14). The maximum absolute atomic E-state index is 4.36. The van der Waals surface area contributed by atoms with Crippen LogP contribution in [0.1, 0.15) is 39.5 Å². The van der Waals surface area contributed by atoms with Gasteiger partial charge in [0.2, 0.25) is 0 Å². The predicted molar refractivity (Wildman–Crippen MR) is 61.6 cm³/mol. The van der Waals surface area contributed by atoms with Gasteiger partial charge in [0.25, 0.3) is 0 Å². The number of hydrogen-bond acceptors (Lipinski definition) is 3. The molecule has 3 nitrogen and oxygen atoms in total. The number of rotatable bonds is 5. The molecule has 2 N–H and O–H groups in total. The number of unbranched alkanes of at least 4 members (excludes halogenated alkanes) is 1. The molecule has 1 heterocycles. The second-order valence-corrected chi connectivity index (χ2v) is 4.33. The largest absolute Gasteiger partial charge is 0.356 e. The summed E-state index contributed by atoms with van der Waals surface area (Å²) in [6, 6.07) is 0. The highest BCUT2D eigenvalue weighted by Gasteiger charge is 2.01. The van der Waals surface area contributed by atoms with Crippen molar-refractivity contribution in [3.05, 3.63) is 0 Å². The third-order valence-corrected chi connectivity index (χ3v) is 2.40. The summed E-state index contributed by atoms with van der Waals surface area (Å²) >= 11 is 0. The Morgan fingerprint density at radius 3 is 2.93 bits per heavy atom. The molecule has 0 aromatic carbocycles. The van der Waals surface area contributed by atoms with Crippen LogP contribution in [-0.2, 0) is 0 Å². The molecule has 14 heavy (non-hydrogen) atoms. The Morgan fingerprint density at radius 2 is 2.29 bits per heavy atom. The Hall–Kier alpha value is -0.730. The van der Waals surface area contributed by atoms with Crippen molar-refractivity contribution in [2.24, 2.45) is 10.9 Å². The van der Waals surface area contributed by atoms with Crippen LogP contribution in [0.15, 0.2) is 4.99 Å². The van der Waals surface area contributed by atoms with Crippen molar-refractivity contribution in [3.63, 3.8) is 0 Å². The molecule has 1 aliphatic heterocycles. The van der Waals surface area contributed by atoms with Crippen LogP contribution in [0.4, 0.5) is 0 Å². The van der Waals surface area contributed by atoms with E-state index in [-0.39, 0.29) is 0 Å². The first-order valence-electron chi connectivity index (χ1n) is 5.81. The molecule has 1 rings (SSSR count). The molecule has 1 aliphatic rings. The number of aliphatic imine (C=N–C) groups is 1. The Kier molecular flexibility index (Phi) is 5.42. The third-order valence-electron chi connectivity index (χ3n) is 2.40. The van der Waals surface area contributed by atoms with Crippen LogP contribution in [0.3, 0.4) is 0 Å². The first kappa shape index (κ1) is 11.3. The molecule has 82 valence electrons. The quantitative estimate of drug-likeness (QED) is 0.659. The lowest BCUT2D eigenvalue weighted by Crippen LogP contribution is -2.41. The summed E-state index contributed by atoms with van der Waals surface area (Å²) in [5.41, 5.74) is 0. The maximum atomic E-state index is 4.36. The minimum atomic E-state index is 0.833. The van der Waals surface area contributed by atoms with E-state index in [0.717, 1.165) is 31.5 Å². The second kappa shape index (κ2) is 6.68. The van der Waals surface area contributed by atoms with Gasteiger partial charge >= 0.3 is 0 Å². The molecular formula is C11H23N3. The van der Waals surface area contributed by atoms with Gasteiger partial charge in [0, 0.05) is 19.6 Å². The minimum absolute atomic E-state index is 0.833. The van der Waals surface area contributed by atoms with Crippen LogP contribution in [0.5, 0.6) is 0 Å². The summed E-state index contributed by atoms with van der Waals surface area (Å²) in [7, 11) is 0. The summed E-state index contributed by atoms with van der Waals surface area (Å²) < 4.78 is 0. The van der Waals surface area contributed by atoms with Gasteiger partial charge in [0.15, 0.2) is 5.96 Å². The smallest absolute Gasteiger partial charge is 0.191 e. The van der Waals surface area contributed by atoms with E-state index in [1.54, 1.807) is 0 Å². The van der Waals surface area contributed by atoms with Crippen molar-refractivity contribution in [3.8, 4) is 0 Å². The maximum Gasteiger partial charge on any atom is 0.191 e. The molecule has 0 unspecified atom stereocenters. The van der Waals surface area contributed by atoms with Crippen LogP contribution in [0, 0.1) is 5.92 Å². The molecule has 0 amide bonds. The number of guanidine groups is 1. The van der Waals surface area contributed by atoms with E-state index < -0.39 is 0 Å². The summed E-state index contributed by atoms with van der Waals surface area (Å²) in [6.07, 6.45) is 5.07. The van der Waals surface area contributed by atoms with E-state index in [1.165, 1.54) is 25.7 Å². The fourth-order valence-electron chi connectivity index (χ4n) is 1.54. The Balaban J connectivity index is 1.95. The van der Waals surface area contributed by atoms with Gasteiger partial charge in [-0.3, -0.25) is 4.99 Å². The van der Waals surface area contributed by atoms with E-state index in [1.807, 2.05) is 0 Å². The molecule has 0 saturated heterocycles. The molecule has 0 aromatic rings. The average molecular weight is 197 g/mol. The molecule has 0 fully saturated rings. The van der Waals surface area contributed by atoms with Gasteiger partial charge in [0.1, 0.15) is 0 Å². The van der Waals surface area contributed by atoms with Gasteiger partial charge in [-0.2, -0.15) is 0 Å². The zero-order valence-electron chi connectivity index (χ0n) is 9.47. The van der Waals surface area contributed by atoms with Gasteiger partial charge in [-0.05, 0) is 18.8 Å². The lowest BCUT2D eigenvalue weighted by atomic mass is 10.1. The van der Waals surface area contributed by atoms with E-state index >= 15 is 0 Å². The molecule has 0 aromatic heterocycles. The first-order valence-corrected chi connectivity index (χ1v) is 5.81. The van der Waals surface area contributed by atoms with Gasteiger partial charge in [0.05, 0.1) is 0 Å². The molecule has 3 heteroatoms. The third kappa shape index (κ3) is 5.10. The van der Waals surface area contributed by atoms with Crippen LogP contribution in [0.25, 0.3) is 0 Å². The molecule has 0 bridgehead atoms. The summed E-state index contributed by atoms with van der Waals surface area (Å²) in [5, 5.41) is 6.59. The fraction of sp³-hybridized carbons (Fsp3) is 0.909. The monoisotopic (exact) mass is 197 g/mol. The zero-order valence-corrected chi connectivity index (χ0v) is 9.47. The highest BCUT2D eigenvalue weighted by molar-refractivity contribution is 5.80. The molecule has 0 radical (unpaired) electrons. The number of nitrogens with zero attached hydrogens (tertiary/aromatic N) is 1. The second-order valence-electron chi connectivity index (χ2n) is 4.33. The highest BCUT2D eigenvalue weighted by Crippen LogP contribution is 2.04. The number of hydrogen-bond donors (Lipinski definition) is 2. The Morgan fingerprint density at radius 1 is 1.43 bits per heavy atom. The minimum Gasteiger partial charge on any atom is -0.356 e. The molecule has 0 spiro atoms.